The Bertz CT molecular complexity index is 1350. The van der Waals surface area contributed by atoms with E-state index in [1.165, 1.54) is 16.8 Å². The molecule has 0 fully saturated rings. The van der Waals surface area contributed by atoms with Crippen LogP contribution in [0.25, 0.3) is 10.8 Å². The number of carbonyl (C=O) groups excluding carboxylic acids is 1. The summed E-state index contributed by atoms with van der Waals surface area (Å²) in [5.41, 5.74) is 0.0700. The molecule has 0 bridgehead atoms. The number of fused-ring (bicyclic) bond motifs is 1. The number of hydrogen-bond acceptors (Lipinski definition) is 4. The zero-order valence-electron chi connectivity index (χ0n) is 17.1. The zero-order chi connectivity index (χ0) is 23.4. The van der Waals surface area contributed by atoms with Gasteiger partial charge in [-0.1, -0.05) is 30.3 Å². The highest BCUT2D eigenvalue weighted by molar-refractivity contribution is 5.90. The lowest BCUT2D eigenvalue weighted by atomic mass is 10.1. The summed E-state index contributed by atoms with van der Waals surface area (Å²) in [6.45, 7) is 0.152. The number of alkyl halides is 3. The van der Waals surface area contributed by atoms with Crippen molar-refractivity contribution >= 4 is 22.5 Å². The minimum atomic E-state index is -4.51. The molecule has 0 saturated heterocycles. The molecule has 7 nitrogen and oxygen atoms in total. The van der Waals surface area contributed by atoms with Crippen LogP contribution in [0.15, 0.2) is 77.9 Å². The van der Waals surface area contributed by atoms with E-state index in [2.05, 4.69) is 20.7 Å². The highest BCUT2D eigenvalue weighted by Crippen LogP contribution is 2.30. The van der Waals surface area contributed by atoms with E-state index in [1.807, 2.05) is 6.07 Å². The van der Waals surface area contributed by atoms with Gasteiger partial charge in [0.05, 0.1) is 29.7 Å². The lowest BCUT2D eigenvalue weighted by Gasteiger charge is -2.13. The van der Waals surface area contributed by atoms with E-state index in [0.717, 1.165) is 17.7 Å². The zero-order valence-corrected chi connectivity index (χ0v) is 17.1. The largest absolute Gasteiger partial charge is 0.416 e. The third-order valence-corrected chi connectivity index (χ3v) is 4.86. The Hall–Kier alpha value is -4.21. The van der Waals surface area contributed by atoms with E-state index in [9.17, 15) is 22.8 Å². The maximum absolute atomic E-state index is 12.9. The van der Waals surface area contributed by atoms with Gasteiger partial charge in [0.15, 0.2) is 0 Å². The topological polar surface area (TPSA) is 88.9 Å². The van der Waals surface area contributed by atoms with Crippen molar-refractivity contribution in [2.45, 2.75) is 19.3 Å². The maximum Gasteiger partial charge on any atom is 0.416 e. The SMILES string of the molecule is O=C(NCc1nn(Cc2cccnc2)c(=O)c2ccccc12)Nc1cccc(C(F)(F)F)c1. The van der Waals surface area contributed by atoms with Crippen molar-refractivity contribution in [2.75, 3.05) is 5.32 Å². The highest BCUT2D eigenvalue weighted by atomic mass is 19.4. The minimum absolute atomic E-state index is 0.00156. The van der Waals surface area contributed by atoms with Crippen LogP contribution in [-0.4, -0.2) is 20.8 Å². The molecule has 4 rings (SSSR count). The molecule has 2 heterocycles. The van der Waals surface area contributed by atoms with Crippen molar-refractivity contribution < 1.29 is 18.0 Å². The molecule has 0 aliphatic heterocycles. The van der Waals surface area contributed by atoms with Crippen molar-refractivity contribution in [3.05, 3.63) is 100 Å². The molecule has 0 spiro atoms. The summed E-state index contributed by atoms with van der Waals surface area (Å²) in [6, 6.07) is 14.1. The van der Waals surface area contributed by atoms with Gasteiger partial charge in [-0.25, -0.2) is 9.48 Å². The van der Waals surface area contributed by atoms with Crippen LogP contribution in [0.5, 0.6) is 0 Å². The van der Waals surface area contributed by atoms with Gasteiger partial charge in [0, 0.05) is 23.5 Å². The average Bonchev–Trinajstić information content (AvgIpc) is 2.80. The van der Waals surface area contributed by atoms with Crippen LogP contribution in [0, 0.1) is 0 Å². The number of carbonyl (C=O) groups is 1. The van der Waals surface area contributed by atoms with Crippen molar-refractivity contribution in [3.8, 4) is 0 Å². The molecule has 0 aliphatic rings. The highest BCUT2D eigenvalue weighted by Gasteiger charge is 2.30. The van der Waals surface area contributed by atoms with Crippen LogP contribution >= 0.6 is 0 Å². The van der Waals surface area contributed by atoms with Crippen molar-refractivity contribution in [2.24, 2.45) is 0 Å². The van der Waals surface area contributed by atoms with Crippen molar-refractivity contribution in [1.29, 1.82) is 0 Å². The standard InChI is InChI=1S/C23H18F3N5O2/c24-23(25,26)16-6-3-7-17(11-16)29-22(33)28-13-20-18-8-1-2-9-19(18)21(32)31(30-20)14-15-5-4-10-27-12-15/h1-12H,13-14H2,(H2,28,29,33). The van der Waals surface area contributed by atoms with Crippen LogP contribution in [0.3, 0.4) is 0 Å². The predicted octanol–water partition coefficient (Wildman–Crippen LogP) is 4.18. The lowest BCUT2D eigenvalue weighted by molar-refractivity contribution is -0.137. The average molecular weight is 453 g/mol. The third kappa shape index (κ3) is 5.17. The van der Waals surface area contributed by atoms with Gasteiger partial charge in [-0.2, -0.15) is 18.3 Å². The van der Waals surface area contributed by atoms with Crippen molar-refractivity contribution in [1.82, 2.24) is 20.1 Å². The first-order valence-electron chi connectivity index (χ1n) is 9.91. The number of amides is 2. The van der Waals surface area contributed by atoms with Gasteiger partial charge in [0.1, 0.15) is 0 Å². The number of hydrogen-bond donors (Lipinski definition) is 2. The molecule has 2 aromatic carbocycles. The van der Waals surface area contributed by atoms with Crippen LogP contribution < -0.4 is 16.2 Å². The van der Waals surface area contributed by atoms with Crippen LogP contribution in [0.1, 0.15) is 16.8 Å². The quantitative estimate of drug-likeness (QED) is 0.475. The Labute approximate surface area is 185 Å². The fourth-order valence-corrected chi connectivity index (χ4v) is 3.32. The van der Waals surface area contributed by atoms with E-state index in [4.69, 9.17) is 0 Å². The Morgan fingerprint density at radius 3 is 2.52 bits per heavy atom. The van der Waals surface area contributed by atoms with Gasteiger partial charge in [-0.15, -0.1) is 0 Å². The number of nitrogens with one attached hydrogen (secondary N) is 2. The molecule has 10 heteroatoms. The number of benzene rings is 2. The van der Waals surface area contributed by atoms with E-state index in [1.54, 1.807) is 42.7 Å². The number of anilines is 1. The van der Waals surface area contributed by atoms with Gasteiger partial charge in [0.2, 0.25) is 0 Å². The predicted molar refractivity (Wildman–Crippen MR) is 117 cm³/mol. The monoisotopic (exact) mass is 453 g/mol. The van der Waals surface area contributed by atoms with E-state index < -0.39 is 17.8 Å². The van der Waals surface area contributed by atoms with Gasteiger partial charge < -0.3 is 10.6 Å². The number of nitrogens with zero attached hydrogens (tertiary/aromatic N) is 3. The summed E-state index contributed by atoms with van der Waals surface area (Å²) in [4.78, 5) is 29.2. The second-order valence-corrected chi connectivity index (χ2v) is 7.20. The summed E-state index contributed by atoms with van der Waals surface area (Å²) in [7, 11) is 0. The molecule has 0 saturated carbocycles. The summed E-state index contributed by atoms with van der Waals surface area (Å²) in [6.07, 6.45) is -1.26. The molecule has 168 valence electrons. The van der Waals surface area contributed by atoms with Gasteiger partial charge in [-0.05, 0) is 35.9 Å². The number of urea groups is 1. The summed E-state index contributed by atoms with van der Waals surface area (Å²) >= 11 is 0. The first-order chi connectivity index (χ1) is 15.8. The van der Waals surface area contributed by atoms with Crippen LogP contribution in [-0.2, 0) is 19.3 Å². The fourth-order valence-electron chi connectivity index (χ4n) is 3.32. The maximum atomic E-state index is 12.9. The Kier molecular flexibility index (Phi) is 6.07. The lowest BCUT2D eigenvalue weighted by Crippen LogP contribution is -2.31. The minimum Gasteiger partial charge on any atom is -0.332 e. The Morgan fingerprint density at radius 1 is 1.00 bits per heavy atom. The molecule has 2 N–H and O–H groups in total. The molecule has 33 heavy (non-hydrogen) atoms. The van der Waals surface area contributed by atoms with E-state index in [0.29, 0.717) is 16.5 Å². The van der Waals surface area contributed by atoms with Gasteiger partial charge in [0.25, 0.3) is 5.56 Å². The molecule has 2 aromatic heterocycles. The van der Waals surface area contributed by atoms with Gasteiger partial charge >= 0.3 is 12.2 Å². The third-order valence-electron chi connectivity index (χ3n) is 4.86. The second kappa shape index (κ2) is 9.11. The summed E-state index contributed by atoms with van der Waals surface area (Å²) < 4.78 is 39.9. The number of rotatable bonds is 5. The molecule has 0 atom stereocenters. The molecule has 0 unspecified atom stereocenters. The van der Waals surface area contributed by atoms with E-state index >= 15 is 0 Å². The van der Waals surface area contributed by atoms with Crippen LogP contribution in [0.2, 0.25) is 0 Å². The smallest absolute Gasteiger partial charge is 0.332 e. The Morgan fingerprint density at radius 2 is 1.79 bits per heavy atom. The molecule has 2 amide bonds. The molecular weight excluding hydrogens is 435 g/mol. The summed E-state index contributed by atoms with van der Waals surface area (Å²) in [5, 5.41) is 10.4. The fraction of sp³-hybridized carbons (Fsp3) is 0.130. The number of aromatic nitrogens is 3. The van der Waals surface area contributed by atoms with Gasteiger partial charge in [-0.3, -0.25) is 9.78 Å². The number of pyridine rings is 1. The number of halogens is 3. The summed E-state index contributed by atoms with van der Waals surface area (Å²) in [5.74, 6) is 0. The molecular formula is C23H18F3N5O2. The second-order valence-electron chi connectivity index (χ2n) is 7.20. The molecule has 0 aliphatic carbocycles. The molecule has 0 radical (unpaired) electrons. The van der Waals surface area contributed by atoms with Crippen LogP contribution in [0.4, 0.5) is 23.7 Å². The first-order valence-corrected chi connectivity index (χ1v) is 9.91. The first kappa shape index (κ1) is 22.0. The Balaban J connectivity index is 1.55. The normalized spacial score (nSPS) is 11.4. The van der Waals surface area contributed by atoms with Crippen molar-refractivity contribution in [3.63, 3.8) is 0 Å². The molecule has 4 aromatic rings. The van der Waals surface area contributed by atoms with E-state index in [-0.39, 0.29) is 24.3 Å².